The van der Waals surface area contributed by atoms with Crippen LogP contribution in [0.5, 0.6) is 0 Å². The monoisotopic (exact) mass is 177 g/mol. The maximum Gasteiger partial charge on any atom is 1.00 e. The fraction of sp³-hybridized carbons (Fsp3) is 0.500. The van der Waals surface area contributed by atoms with Gasteiger partial charge in [0.15, 0.2) is 5.82 Å². The van der Waals surface area contributed by atoms with E-state index in [1.807, 2.05) is 0 Å². The summed E-state index contributed by atoms with van der Waals surface area (Å²) in [7, 11) is 1.75. The Hall–Kier alpha value is -0.833. The first-order valence-corrected chi connectivity index (χ1v) is 3.30. The number of carboxylic acids is 1. The number of hydrogen-bond acceptors (Lipinski definition) is 5. The Balaban J connectivity index is 0.00000144. The van der Waals surface area contributed by atoms with Gasteiger partial charge < -0.3 is 19.2 Å². The summed E-state index contributed by atoms with van der Waals surface area (Å²) in [4.78, 5) is 9.93. The molecule has 1 aromatic rings. The van der Waals surface area contributed by atoms with Crippen molar-refractivity contribution in [2.45, 2.75) is 6.61 Å². The second-order valence-electron chi connectivity index (χ2n) is 2.22. The predicted octanol–water partition coefficient (Wildman–Crippen LogP) is -4.91. The number of nitrogens with zero attached hydrogens (tertiary/aromatic N) is 3. The van der Waals surface area contributed by atoms with Crippen molar-refractivity contribution < 1.29 is 33.5 Å². The molecule has 0 N–H and O–H groups in total. The van der Waals surface area contributed by atoms with Crippen LogP contribution < -0.4 is 24.0 Å². The van der Waals surface area contributed by atoms with Crippen molar-refractivity contribution in [2.24, 2.45) is 7.05 Å². The molecule has 0 fully saturated rings. The average molecular weight is 177 g/mol. The van der Waals surface area contributed by atoms with Crippen LogP contribution in [0.15, 0.2) is 6.33 Å². The molecule has 0 saturated carbocycles. The number of hydrogen-bond donors (Lipinski definition) is 0. The molecule has 0 amide bonds. The summed E-state index contributed by atoms with van der Waals surface area (Å²) in [6, 6.07) is 0. The zero-order valence-corrected chi connectivity index (χ0v) is 7.56. The molecule has 7 heteroatoms. The van der Waals surface area contributed by atoms with Crippen molar-refractivity contribution in [3.8, 4) is 0 Å². The molecule has 0 saturated heterocycles. The largest absolute Gasteiger partial charge is 1.00 e. The SMILES string of the molecule is Cn1cnnc1COCC(=O)[O-].[Li+]. The molecule has 0 unspecified atom stereocenters. The molecule has 1 heterocycles. The minimum atomic E-state index is -1.24. The molecule has 0 bridgehead atoms. The van der Waals surface area contributed by atoms with Crippen molar-refractivity contribution in [1.82, 2.24) is 14.8 Å². The second kappa shape index (κ2) is 5.75. The van der Waals surface area contributed by atoms with Crippen LogP contribution in [-0.2, 0) is 23.2 Å². The van der Waals surface area contributed by atoms with E-state index in [-0.39, 0.29) is 25.5 Å². The van der Waals surface area contributed by atoms with Crippen molar-refractivity contribution in [1.29, 1.82) is 0 Å². The third-order valence-corrected chi connectivity index (χ3v) is 1.26. The van der Waals surface area contributed by atoms with Crippen molar-refractivity contribution in [3.05, 3.63) is 12.2 Å². The molecule has 6 nitrogen and oxygen atoms in total. The number of carboxylic acid groups (broad SMARTS) is 1. The van der Waals surface area contributed by atoms with Crippen molar-refractivity contribution in [2.75, 3.05) is 6.61 Å². The standard InChI is InChI=1S/C6H9N3O3.Li/c1-9-4-7-8-5(9)2-12-3-6(10)11;/h4H,2-3H2,1H3,(H,10,11);/q;+1/p-1. The number of aliphatic carboxylic acids is 1. The van der Waals surface area contributed by atoms with Gasteiger partial charge in [-0.05, 0) is 0 Å². The average Bonchev–Trinajstić information content (AvgIpc) is 2.36. The van der Waals surface area contributed by atoms with E-state index in [0.717, 1.165) is 0 Å². The first kappa shape index (κ1) is 12.2. The predicted molar refractivity (Wildman–Crippen MR) is 35.7 cm³/mol. The molecule has 0 aliphatic carbocycles. The van der Waals surface area contributed by atoms with Gasteiger partial charge in [0.1, 0.15) is 12.9 Å². The van der Waals surface area contributed by atoms with Crippen LogP contribution in [0.1, 0.15) is 5.82 Å². The quantitative estimate of drug-likeness (QED) is 0.430. The van der Waals surface area contributed by atoms with E-state index in [0.29, 0.717) is 5.82 Å². The van der Waals surface area contributed by atoms with Crippen molar-refractivity contribution >= 4 is 5.97 Å². The second-order valence-corrected chi connectivity index (χ2v) is 2.22. The van der Waals surface area contributed by atoms with Crippen LogP contribution in [0, 0.1) is 0 Å². The van der Waals surface area contributed by atoms with E-state index >= 15 is 0 Å². The van der Waals surface area contributed by atoms with E-state index in [2.05, 4.69) is 10.2 Å². The van der Waals surface area contributed by atoms with E-state index in [4.69, 9.17) is 4.74 Å². The van der Waals surface area contributed by atoms with Crippen LogP contribution in [0.25, 0.3) is 0 Å². The van der Waals surface area contributed by atoms with Crippen LogP contribution in [0.4, 0.5) is 0 Å². The van der Waals surface area contributed by atoms with Crippen LogP contribution in [0.2, 0.25) is 0 Å². The topological polar surface area (TPSA) is 80.1 Å². The fourth-order valence-electron chi connectivity index (χ4n) is 0.663. The van der Waals surface area contributed by atoms with Gasteiger partial charge in [-0.1, -0.05) is 0 Å². The molecule has 0 radical (unpaired) electrons. The van der Waals surface area contributed by atoms with Crippen LogP contribution >= 0.6 is 0 Å². The molecule has 13 heavy (non-hydrogen) atoms. The van der Waals surface area contributed by atoms with Gasteiger partial charge in [-0.15, -0.1) is 10.2 Å². The minimum Gasteiger partial charge on any atom is -0.548 e. The maximum absolute atomic E-state index is 9.93. The third kappa shape index (κ3) is 4.08. The zero-order valence-electron chi connectivity index (χ0n) is 7.56. The molecule has 1 aromatic heterocycles. The summed E-state index contributed by atoms with van der Waals surface area (Å²) >= 11 is 0. The van der Waals surface area contributed by atoms with Crippen molar-refractivity contribution in [3.63, 3.8) is 0 Å². The summed E-state index contributed by atoms with van der Waals surface area (Å²) in [6.07, 6.45) is 1.51. The molecule has 66 valence electrons. The van der Waals surface area contributed by atoms with Gasteiger partial charge in [0.25, 0.3) is 0 Å². The zero-order chi connectivity index (χ0) is 8.97. The van der Waals surface area contributed by atoms with E-state index < -0.39 is 12.6 Å². The van der Waals surface area contributed by atoms with Crippen LogP contribution in [-0.4, -0.2) is 27.3 Å². The molecular weight excluding hydrogens is 169 g/mol. The molecule has 0 aromatic carbocycles. The Labute approximate surface area is 87.1 Å². The Morgan fingerprint density at radius 3 is 2.92 bits per heavy atom. The van der Waals surface area contributed by atoms with Gasteiger partial charge >= 0.3 is 18.9 Å². The maximum atomic E-state index is 9.93. The van der Waals surface area contributed by atoms with Gasteiger partial charge in [0.05, 0.1) is 12.6 Å². The first-order valence-electron chi connectivity index (χ1n) is 3.30. The first-order chi connectivity index (χ1) is 5.70. The van der Waals surface area contributed by atoms with E-state index in [1.54, 1.807) is 11.6 Å². The Morgan fingerprint density at radius 2 is 2.46 bits per heavy atom. The molecule has 0 aliphatic rings. The Kier molecular flexibility index (Phi) is 5.38. The number of carbonyl (C=O) groups excluding carboxylic acids is 1. The summed E-state index contributed by atoms with van der Waals surface area (Å²) < 4.78 is 6.38. The number of ether oxygens (including phenoxy) is 1. The number of aryl methyl sites for hydroxylation is 1. The van der Waals surface area contributed by atoms with Gasteiger partial charge in [-0.2, -0.15) is 0 Å². The van der Waals surface area contributed by atoms with Gasteiger partial charge in [0, 0.05) is 7.05 Å². The van der Waals surface area contributed by atoms with Crippen LogP contribution in [0.3, 0.4) is 0 Å². The van der Waals surface area contributed by atoms with Gasteiger partial charge in [0.2, 0.25) is 0 Å². The molecular formula is C6H8LiN3O3. The molecule has 0 aliphatic heterocycles. The summed E-state index contributed by atoms with van der Waals surface area (Å²) in [5, 5.41) is 17.2. The smallest absolute Gasteiger partial charge is 0.548 e. The molecule has 0 atom stereocenters. The van der Waals surface area contributed by atoms with Gasteiger partial charge in [-0.3, -0.25) is 0 Å². The normalized spacial score (nSPS) is 9.31. The Bertz CT molecular complexity index is 276. The summed E-state index contributed by atoms with van der Waals surface area (Å²) in [5.74, 6) is -0.659. The fourth-order valence-corrected chi connectivity index (χ4v) is 0.663. The van der Waals surface area contributed by atoms with E-state index in [1.165, 1.54) is 6.33 Å². The summed E-state index contributed by atoms with van der Waals surface area (Å²) in [5.41, 5.74) is 0. The number of carbonyl (C=O) groups is 1. The number of rotatable bonds is 4. The third-order valence-electron chi connectivity index (χ3n) is 1.26. The Morgan fingerprint density at radius 1 is 1.77 bits per heavy atom. The summed E-state index contributed by atoms with van der Waals surface area (Å²) in [6.45, 7) is -0.294. The number of aromatic nitrogens is 3. The van der Waals surface area contributed by atoms with E-state index in [9.17, 15) is 9.90 Å². The molecule has 0 spiro atoms. The van der Waals surface area contributed by atoms with Gasteiger partial charge in [-0.25, -0.2) is 0 Å². The molecule has 1 rings (SSSR count). The minimum absolute atomic E-state index is 0.